The Bertz CT molecular complexity index is 433. The minimum Gasteiger partial charge on any atom is -0.390 e. The fourth-order valence-corrected chi connectivity index (χ4v) is 14.5. The average Bonchev–Trinajstić information content (AvgIpc) is 3.49. The zero-order valence-corrected chi connectivity index (χ0v) is 24.9. The van der Waals surface area contributed by atoms with E-state index in [9.17, 15) is 10.2 Å². The van der Waals surface area contributed by atoms with Gasteiger partial charge in [0.15, 0.2) is 0 Å². The van der Waals surface area contributed by atoms with Crippen molar-refractivity contribution in [1.29, 1.82) is 0 Å². The molecule has 0 amide bonds. The summed E-state index contributed by atoms with van der Waals surface area (Å²) in [7, 11) is 0. The van der Waals surface area contributed by atoms with E-state index in [0.717, 1.165) is 36.2 Å². The summed E-state index contributed by atoms with van der Waals surface area (Å²) >= 11 is 15.8. The number of aliphatic hydroxyl groups is 2. The molecule has 3 rings (SSSR count). The monoisotopic (exact) mass is 596 g/mol. The smallest absolute Gasteiger partial charge is 0.0863 e. The molecule has 6 atom stereocenters. The largest absolute Gasteiger partial charge is 0.390 e. The second kappa shape index (κ2) is 18.0. The first-order valence-corrected chi connectivity index (χ1v) is 19.8. The Morgan fingerprint density at radius 3 is 1.50 bits per heavy atom. The van der Waals surface area contributed by atoms with Gasteiger partial charge in [0, 0.05) is 77.2 Å². The Hall–Kier alpha value is 2.64. The summed E-state index contributed by atoms with van der Waals surface area (Å²) in [4.78, 5) is 0. The van der Waals surface area contributed by atoms with Crippen LogP contribution in [-0.4, -0.2) is 126 Å². The van der Waals surface area contributed by atoms with Gasteiger partial charge in [0.25, 0.3) is 0 Å². The van der Waals surface area contributed by atoms with E-state index in [-0.39, 0.29) is 12.2 Å². The van der Waals surface area contributed by atoms with Crippen molar-refractivity contribution in [3.05, 3.63) is 0 Å². The highest BCUT2D eigenvalue weighted by Gasteiger charge is 2.23. The topological polar surface area (TPSA) is 58.9 Å². The molecule has 0 spiro atoms. The van der Waals surface area contributed by atoms with Gasteiger partial charge in [0.1, 0.15) is 0 Å². The van der Waals surface area contributed by atoms with E-state index in [1.807, 2.05) is 70.6 Å². The van der Waals surface area contributed by atoms with Gasteiger partial charge in [-0.25, -0.2) is 0 Å². The van der Waals surface area contributed by atoms with Gasteiger partial charge in [-0.05, 0) is 0 Å². The Labute approximate surface area is 227 Å². The van der Waals surface area contributed by atoms with E-state index in [1.165, 1.54) is 33.2 Å². The average molecular weight is 597 g/mol. The van der Waals surface area contributed by atoms with Crippen molar-refractivity contribution in [1.82, 2.24) is 0 Å². The molecule has 6 unspecified atom stereocenters. The zero-order valence-electron chi connectivity index (χ0n) is 18.3. The van der Waals surface area contributed by atoms with Gasteiger partial charge in [0.05, 0.1) is 38.6 Å². The fourth-order valence-electron chi connectivity index (χ4n) is 3.15. The van der Waals surface area contributed by atoms with Crippen LogP contribution >= 0.6 is 94.1 Å². The molecule has 3 aliphatic rings. The summed E-state index contributed by atoms with van der Waals surface area (Å²) in [6.07, 6.45) is -0.702. The van der Waals surface area contributed by atoms with E-state index in [1.54, 1.807) is 0 Å². The summed E-state index contributed by atoms with van der Waals surface area (Å²) in [5.74, 6) is 8.50. The molecule has 0 aromatic heterocycles. The summed E-state index contributed by atoms with van der Waals surface area (Å²) in [6.45, 7) is 2.49. The highest BCUT2D eigenvalue weighted by molar-refractivity contribution is 8.19. The van der Waals surface area contributed by atoms with Crippen molar-refractivity contribution in [3.8, 4) is 0 Å². The van der Waals surface area contributed by atoms with Gasteiger partial charge in [-0.1, -0.05) is 0 Å². The number of hydrogen-bond acceptors (Lipinski definition) is 12. The molecule has 0 aromatic carbocycles. The summed E-state index contributed by atoms with van der Waals surface area (Å²) in [5.41, 5.74) is 0. The van der Waals surface area contributed by atoms with Crippen LogP contribution in [0, 0.1) is 0 Å². The van der Waals surface area contributed by atoms with Gasteiger partial charge >= 0.3 is 0 Å². The minimum atomic E-state index is -0.351. The van der Waals surface area contributed by atoms with Crippen molar-refractivity contribution >= 4 is 94.1 Å². The molecular weight excluding hydrogens is 561 g/mol. The highest BCUT2D eigenvalue weighted by atomic mass is 32.2. The molecule has 0 bridgehead atoms. The molecular formula is C20H36O4S8. The van der Waals surface area contributed by atoms with E-state index in [2.05, 4.69) is 23.5 Å². The van der Waals surface area contributed by atoms with Crippen LogP contribution in [0.3, 0.4) is 0 Å². The van der Waals surface area contributed by atoms with Gasteiger partial charge in [0.2, 0.25) is 0 Å². The predicted octanol–water partition coefficient (Wildman–Crippen LogP) is 4.04. The third-order valence-corrected chi connectivity index (χ3v) is 16.7. The van der Waals surface area contributed by atoms with Crippen molar-refractivity contribution < 1.29 is 19.7 Å². The summed E-state index contributed by atoms with van der Waals surface area (Å²) in [6, 6.07) is 0. The lowest BCUT2D eigenvalue weighted by Crippen LogP contribution is -2.27. The predicted molar refractivity (Wildman–Crippen MR) is 158 cm³/mol. The maximum Gasteiger partial charge on any atom is 0.0863 e. The number of thioether (sulfide) groups is 8. The van der Waals surface area contributed by atoms with Crippen LogP contribution in [0.5, 0.6) is 0 Å². The van der Waals surface area contributed by atoms with Crippen molar-refractivity contribution in [3.63, 3.8) is 0 Å². The standard InChI is InChI=1S/C20H36O4S8/c21-15(1-23-3-17-7-27-13-31-17)5-25-9-19-11-30-20(12-29-19)10-26-6-16(22)2-24-4-18-8-28-14-32-18/h15-22H,1-14H2. The fraction of sp³-hybridized carbons (Fsp3) is 1.00. The molecule has 4 nitrogen and oxygen atoms in total. The van der Waals surface area contributed by atoms with Crippen LogP contribution in [-0.2, 0) is 9.47 Å². The van der Waals surface area contributed by atoms with Gasteiger partial charge < -0.3 is 19.7 Å². The molecule has 3 aliphatic heterocycles. The van der Waals surface area contributed by atoms with Crippen LogP contribution in [0.15, 0.2) is 0 Å². The minimum absolute atomic E-state index is 0.351. The quantitative estimate of drug-likeness (QED) is 0.270. The number of hydrogen-bond donors (Lipinski definition) is 2. The van der Waals surface area contributed by atoms with Crippen LogP contribution < -0.4 is 0 Å². The maximum absolute atomic E-state index is 10.1. The van der Waals surface area contributed by atoms with Crippen molar-refractivity contribution in [2.45, 2.75) is 33.2 Å². The van der Waals surface area contributed by atoms with E-state index < -0.39 is 0 Å². The lowest BCUT2D eigenvalue weighted by Gasteiger charge is -2.27. The normalized spacial score (nSPS) is 30.6. The molecule has 32 heavy (non-hydrogen) atoms. The first kappa shape index (κ1) is 29.2. The second-order valence-corrected chi connectivity index (χ2v) is 18.1. The molecule has 0 aromatic rings. The molecule has 12 heteroatoms. The van der Waals surface area contributed by atoms with Crippen LogP contribution in [0.1, 0.15) is 0 Å². The van der Waals surface area contributed by atoms with Crippen molar-refractivity contribution in [2.75, 3.05) is 82.6 Å². The summed E-state index contributed by atoms with van der Waals surface area (Å²) < 4.78 is 11.4. The molecule has 3 saturated heterocycles. The Kier molecular flexibility index (Phi) is 16.4. The first-order chi connectivity index (χ1) is 15.7. The second-order valence-electron chi connectivity index (χ2n) is 7.92. The van der Waals surface area contributed by atoms with E-state index >= 15 is 0 Å². The highest BCUT2D eigenvalue weighted by Crippen LogP contribution is 2.34. The molecule has 3 fully saturated rings. The van der Waals surface area contributed by atoms with E-state index in [4.69, 9.17) is 9.47 Å². The molecule has 188 valence electrons. The summed E-state index contributed by atoms with van der Waals surface area (Å²) in [5, 5.41) is 25.2. The zero-order chi connectivity index (χ0) is 22.4. The third kappa shape index (κ3) is 12.7. The molecule has 2 N–H and O–H groups in total. The van der Waals surface area contributed by atoms with Crippen LogP contribution in [0.2, 0.25) is 0 Å². The maximum atomic E-state index is 10.1. The number of ether oxygens (including phenoxy) is 2. The molecule has 0 saturated carbocycles. The molecule has 3 heterocycles. The van der Waals surface area contributed by atoms with Gasteiger partial charge in [-0.15, -0.1) is 47.0 Å². The number of aliphatic hydroxyl groups excluding tert-OH is 2. The molecule has 0 aliphatic carbocycles. The van der Waals surface area contributed by atoms with Gasteiger partial charge in [-0.3, -0.25) is 0 Å². The number of rotatable bonds is 16. The Morgan fingerprint density at radius 1 is 0.656 bits per heavy atom. The van der Waals surface area contributed by atoms with E-state index in [0.29, 0.717) is 34.2 Å². The Morgan fingerprint density at radius 2 is 1.12 bits per heavy atom. The third-order valence-electron chi connectivity index (χ3n) is 4.87. The Balaban J connectivity index is 1.11. The van der Waals surface area contributed by atoms with Crippen LogP contribution in [0.4, 0.5) is 0 Å². The van der Waals surface area contributed by atoms with Crippen LogP contribution in [0.25, 0.3) is 0 Å². The first-order valence-electron chi connectivity index (χ1n) is 11.0. The lowest BCUT2D eigenvalue weighted by molar-refractivity contribution is 0.0509. The molecule has 0 radical (unpaired) electrons. The van der Waals surface area contributed by atoms with Crippen molar-refractivity contribution in [2.24, 2.45) is 0 Å². The SMILES string of the molecule is OC(COCC1CSCS1)CSCC1CSC(CSCC(O)COCC2CSCS2)CS1. The lowest BCUT2D eigenvalue weighted by atomic mass is 10.4. The van der Waals surface area contributed by atoms with Gasteiger partial charge in [-0.2, -0.15) is 47.0 Å².